The highest BCUT2D eigenvalue weighted by molar-refractivity contribution is 5.90. The van der Waals surface area contributed by atoms with Crippen LogP contribution in [0.3, 0.4) is 0 Å². The van der Waals surface area contributed by atoms with Crippen molar-refractivity contribution in [1.82, 2.24) is 5.32 Å². The second-order valence-corrected chi connectivity index (χ2v) is 6.33. The molecule has 0 aliphatic heterocycles. The zero-order valence-electron chi connectivity index (χ0n) is 16.3. The van der Waals surface area contributed by atoms with Gasteiger partial charge in [-0.15, -0.1) is 0 Å². The monoisotopic (exact) mass is 371 g/mol. The average Bonchev–Trinajstić information content (AvgIpc) is 2.68. The smallest absolute Gasteiger partial charge is 0.319 e. The van der Waals surface area contributed by atoms with Crippen molar-refractivity contribution < 1.29 is 14.3 Å². The van der Waals surface area contributed by atoms with Gasteiger partial charge in [0.2, 0.25) is 0 Å². The van der Waals surface area contributed by atoms with E-state index in [-0.39, 0.29) is 6.03 Å². The first-order chi connectivity index (χ1) is 13.1. The maximum Gasteiger partial charge on any atom is 0.319 e. The quantitative estimate of drug-likeness (QED) is 0.626. The van der Waals surface area contributed by atoms with Gasteiger partial charge in [-0.05, 0) is 43.2 Å². The van der Waals surface area contributed by atoms with Gasteiger partial charge in [-0.25, -0.2) is 4.79 Å². The molecule has 27 heavy (non-hydrogen) atoms. The molecule has 0 fully saturated rings. The highest BCUT2D eigenvalue weighted by Crippen LogP contribution is 2.25. The molecule has 2 N–H and O–H groups in total. The van der Waals surface area contributed by atoms with Crippen LogP contribution in [0.4, 0.5) is 16.2 Å². The molecule has 0 atom stereocenters. The lowest BCUT2D eigenvalue weighted by Crippen LogP contribution is -2.31. The molecule has 0 spiro atoms. The summed E-state index contributed by atoms with van der Waals surface area (Å²) in [5.41, 5.74) is 2.88. The number of amides is 2. The second-order valence-electron chi connectivity index (χ2n) is 6.33. The van der Waals surface area contributed by atoms with Crippen molar-refractivity contribution in [2.75, 3.05) is 50.7 Å². The van der Waals surface area contributed by atoms with Crippen LogP contribution in [0.1, 0.15) is 12.0 Å². The number of benzene rings is 2. The zero-order chi connectivity index (χ0) is 19.5. The molecule has 0 aliphatic rings. The SMILES string of the molecule is COCCOc1cc(C)ccc1NC(=O)NCCCN(C)c1ccccc1. The van der Waals surface area contributed by atoms with Gasteiger partial charge in [0.1, 0.15) is 12.4 Å². The molecule has 0 unspecified atom stereocenters. The molecule has 2 rings (SSSR count). The number of nitrogens with one attached hydrogen (secondary N) is 2. The molecule has 0 heterocycles. The molecule has 2 aromatic rings. The van der Waals surface area contributed by atoms with Gasteiger partial charge in [0.05, 0.1) is 12.3 Å². The first-order valence-corrected chi connectivity index (χ1v) is 9.13. The van der Waals surface area contributed by atoms with Crippen LogP contribution in [0.25, 0.3) is 0 Å². The molecule has 0 aromatic heterocycles. The Hall–Kier alpha value is -2.73. The van der Waals surface area contributed by atoms with E-state index in [1.54, 1.807) is 7.11 Å². The Balaban J connectivity index is 1.77. The van der Waals surface area contributed by atoms with Crippen molar-refractivity contribution in [2.45, 2.75) is 13.3 Å². The summed E-state index contributed by atoms with van der Waals surface area (Å²) in [4.78, 5) is 14.3. The lowest BCUT2D eigenvalue weighted by atomic mass is 10.2. The standard InChI is InChI=1S/C21H29N3O3/c1-17-10-11-19(20(16-17)27-15-14-26-3)23-21(25)22-12-7-13-24(2)18-8-5-4-6-9-18/h4-6,8-11,16H,7,12-15H2,1-3H3,(H2,22,23,25). The minimum absolute atomic E-state index is 0.238. The van der Waals surface area contributed by atoms with Crippen LogP contribution in [0.5, 0.6) is 5.75 Å². The molecular weight excluding hydrogens is 342 g/mol. The van der Waals surface area contributed by atoms with Crippen LogP contribution < -0.4 is 20.3 Å². The number of urea groups is 1. The lowest BCUT2D eigenvalue weighted by Gasteiger charge is -2.19. The predicted octanol–water partition coefficient (Wildman–Crippen LogP) is 3.67. The number of nitrogens with zero attached hydrogens (tertiary/aromatic N) is 1. The van der Waals surface area contributed by atoms with E-state index in [1.807, 2.05) is 50.4 Å². The minimum Gasteiger partial charge on any atom is -0.489 e. The van der Waals surface area contributed by atoms with E-state index in [4.69, 9.17) is 9.47 Å². The summed E-state index contributed by atoms with van der Waals surface area (Å²) < 4.78 is 10.7. The zero-order valence-corrected chi connectivity index (χ0v) is 16.3. The van der Waals surface area contributed by atoms with Crippen molar-refractivity contribution in [3.05, 3.63) is 54.1 Å². The van der Waals surface area contributed by atoms with Gasteiger partial charge in [0, 0.05) is 32.9 Å². The second kappa shape index (κ2) is 11.1. The molecule has 6 heteroatoms. The van der Waals surface area contributed by atoms with Gasteiger partial charge in [-0.3, -0.25) is 0 Å². The van der Waals surface area contributed by atoms with Crippen LogP contribution in [0.2, 0.25) is 0 Å². The maximum atomic E-state index is 12.2. The molecule has 0 aliphatic carbocycles. The molecule has 0 radical (unpaired) electrons. The third-order valence-corrected chi connectivity index (χ3v) is 4.08. The number of hydrogen-bond donors (Lipinski definition) is 2. The van der Waals surface area contributed by atoms with E-state index >= 15 is 0 Å². The first-order valence-electron chi connectivity index (χ1n) is 9.13. The van der Waals surface area contributed by atoms with Gasteiger partial charge in [0.25, 0.3) is 0 Å². The molecule has 2 amide bonds. The predicted molar refractivity (Wildman–Crippen MR) is 110 cm³/mol. The Morgan fingerprint density at radius 2 is 1.89 bits per heavy atom. The molecule has 0 bridgehead atoms. The normalized spacial score (nSPS) is 10.3. The number of ether oxygens (including phenoxy) is 2. The number of aryl methyl sites for hydroxylation is 1. The molecular formula is C21H29N3O3. The first kappa shape index (κ1) is 20.6. The Labute approximate surface area is 161 Å². The van der Waals surface area contributed by atoms with Gasteiger partial charge < -0.3 is 25.0 Å². The number of methoxy groups -OCH3 is 1. The summed E-state index contributed by atoms with van der Waals surface area (Å²) in [5, 5.41) is 5.75. The van der Waals surface area contributed by atoms with Crippen molar-refractivity contribution in [2.24, 2.45) is 0 Å². The number of carbonyl (C=O) groups excluding carboxylic acids is 1. The van der Waals surface area contributed by atoms with Crippen molar-refractivity contribution >= 4 is 17.4 Å². The van der Waals surface area contributed by atoms with E-state index in [0.29, 0.717) is 31.2 Å². The summed E-state index contributed by atoms with van der Waals surface area (Å²) in [5.74, 6) is 0.644. The van der Waals surface area contributed by atoms with E-state index < -0.39 is 0 Å². The Morgan fingerprint density at radius 3 is 2.63 bits per heavy atom. The number of hydrogen-bond acceptors (Lipinski definition) is 4. The summed E-state index contributed by atoms with van der Waals surface area (Å²) >= 11 is 0. The average molecular weight is 371 g/mol. The van der Waals surface area contributed by atoms with Crippen LogP contribution in [-0.4, -0.2) is 46.5 Å². The van der Waals surface area contributed by atoms with Crippen LogP contribution in [0, 0.1) is 6.92 Å². The topological polar surface area (TPSA) is 62.8 Å². The van der Waals surface area contributed by atoms with Gasteiger partial charge >= 0.3 is 6.03 Å². The Bertz CT molecular complexity index is 707. The van der Waals surface area contributed by atoms with Crippen LogP contribution in [-0.2, 0) is 4.74 Å². The molecule has 146 valence electrons. The third kappa shape index (κ3) is 7.19. The number of anilines is 2. The van der Waals surface area contributed by atoms with Gasteiger partial charge in [-0.2, -0.15) is 0 Å². The summed E-state index contributed by atoms with van der Waals surface area (Å²) in [6, 6.07) is 15.6. The Morgan fingerprint density at radius 1 is 1.11 bits per heavy atom. The van der Waals surface area contributed by atoms with Gasteiger partial charge in [-0.1, -0.05) is 24.3 Å². The number of para-hydroxylation sites is 1. The third-order valence-electron chi connectivity index (χ3n) is 4.08. The van der Waals surface area contributed by atoms with E-state index in [9.17, 15) is 4.79 Å². The summed E-state index contributed by atoms with van der Waals surface area (Å²) in [6.45, 7) is 4.36. The van der Waals surface area contributed by atoms with Crippen LogP contribution in [0.15, 0.2) is 48.5 Å². The lowest BCUT2D eigenvalue weighted by molar-refractivity contribution is 0.146. The fourth-order valence-corrected chi connectivity index (χ4v) is 2.58. The maximum absolute atomic E-state index is 12.2. The minimum atomic E-state index is -0.238. The van der Waals surface area contributed by atoms with E-state index in [0.717, 1.165) is 18.5 Å². The fraction of sp³-hybridized carbons (Fsp3) is 0.381. The molecule has 0 saturated heterocycles. The van der Waals surface area contributed by atoms with Crippen molar-refractivity contribution in [1.29, 1.82) is 0 Å². The van der Waals surface area contributed by atoms with E-state index in [1.165, 1.54) is 5.69 Å². The Kier molecular flexibility index (Phi) is 8.45. The van der Waals surface area contributed by atoms with Crippen LogP contribution >= 0.6 is 0 Å². The number of rotatable bonds is 10. The summed E-state index contributed by atoms with van der Waals surface area (Å²) in [6.07, 6.45) is 0.851. The molecule has 0 saturated carbocycles. The van der Waals surface area contributed by atoms with Gasteiger partial charge in [0.15, 0.2) is 0 Å². The fourth-order valence-electron chi connectivity index (χ4n) is 2.58. The molecule has 2 aromatic carbocycles. The van der Waals surface area contributed by atoms with Crippen molar-refractivity contribution in [3.63, 3.8) is 0 Å². The highest BCUT2D eigenvalue weighted by Gasteiger charge is 2.08. The largest absolute Gasteiger partial charge is 0.489 e. The number of carbonyl (C=O) groups is 1. The van der Waals surface area contributed by atoms with Crippen molar-refractivity contribution in [3.8, 4) is 5.75 Å². The summed E-state index contributed by atoms with van der Waals surface area (Å²) in [7, 11) is 3.67. The molecule has 6 nitrogen and oxygen atoms in total. The highest BCUT2D eigenvalue weighted by atomic mass is 16.5. The van der Waals surface area contributed by atoms with E-state index in [2.05, 4.69) is 27.7 Å².